The monoisotopic (exact) mass is 265 g/mol. The molecular weight excluding hydrogens is 250 g/mol. The van der Waals surface area contributed by atoms with Crippen molar-refractivity contribution >= 4 is 0 Å². The Labute approximate surface area is 102 Å². The van der Waals surface area contributed by atoms with Gasteiger partial charge in [0.1, 0.15) is 5.82 Å². The van der Waals surface area contributed by atoms with Crippen LogP contribution in [-0.4, -0.2) is 17.8 Å². The molecule has 0 aliphatic carbocycles. The average Bonchev–Trinajstić information content (AvgIpc) is 2.24. The van der Waals surface area contributed by atoms with Crippen LogP contribution in [0.2, 0.25) is 0 Å². The van der Waals surface area contributed by atoms with Crippen LogP contribution in [-0.2, 0) is 6.18 Å². The molecule has 0 aliphatic rings. The molecule has 0 spiro atoms. The SMILES string of the molecule is CC(N)C(CCO)c1ccc(F)cc1C(F)(F)F. The van der Waals surface area contributed by atoms with Gasteiger partial charge in [0.25, 0.3) is 0 Å². The number of alkyl halides is 3. The van der Waals surface area contributed by atoms with E-state index in [4.69, 9.17) is 10.8 Å². The van der Waals surface area contributed by atoms with Gasteiger partial charge in [0, 0.05) is 18.6 Å². The van der Waals surface area contributed by atoms with E-state index in [9.17, 15) is 17.6 Å². The molecule has 3 N–H and O–H groups in total. The first-order valence-electron chi connectivity index (χ1n) is 5.50. The third-order valence-electron chi connectivity index (χ3n) is 2.79. The van der Waals surface area contributed by atoms with Crippen molar-refractivity contribution in [3.8, 4) is 0 Å². The number of aliphatic hydroxyl groups excluding tert-OH is 1. The highest BCUT2D eigenvalue weighted by molar-refractivity contribution is 5.34. The Morgan fingerprint density at radius 2 is 1.94 bits per heavy atom. The molecule has 2 atom stereocenters. The highest BCUT2D eigenvalue weighted by atomic mass is 19.4. The molecule has 0 amide bonds. The second-order valence-corrected chi connectivity index (χ2v) is 4.21. The maximum Gasteiger partial charge on any atom is 0.416 e. The third-order valence-corrected chi connectivity index (χ3v) is 2.79. The van der Waals surface area contributed by atoms with E-state index < -0.39 is 29.5 Å². The number of nitrogens with two attached hydrogens (primary N) is 1. The Morgan fingerprint density at radius 3 is 2.39 bits per heavy atom. The van der Waals surface area contributed by atoms with Crippen LogP contribution in [0.15, 0.2) is 18.2 Å². The van der Waals surface area contributed by atoms with Gasteiger partial charge < -0.3 is 10.8 Å². The molecule has 1 aromatic carbocycles. The summed E-state index contributed by atoms with van der Waals surface area (Å²) in [4.78, 5) is 0. The first-order chi connectivity index (χ1) is 8.27. The van der Waals surface area contributed by atoms with Crippen LogP contribution in [0.4, 0.5) is 17.6 Å². The molecule has 0 radical (unpaired) electrons. The number of benzene rings is 1. The number of hydrogen-bond donors (Lipinski definition) is 2. The summed E-state index contributed by atoms with van der Waals surface area (Å²) in [5.41, 5.74) is 4.53. The Balaban J connectivity index is 3.29. The summed E-state index contributed by atoms with van der Waals surface area (Å²) in [7, 11) is 0. The van der Waals surface area contributed by atoms with Gasteiger partial charge in [-0.15, -0.1) is 0 Å². The summed E-state index contributed by atoms with van der Waals surface area (Å²) in [6, 6.07) is 1.95. The van der Waals surface area contributed by atoms with Gasteiger partial charge in [-0.2, -0.15) is 13.2 Å². The van der Waals surface area contributed by atoms with Crippen LogP contribution in [0, 0.1) is 5.82 Å². The first kappa shape index (κ1) is 14.9. The quantitative estimate of drug-likeness (QED) is 0.822. The lowest BCUT2D eigenvalue weighted by Crippen LogP contribution is -2.27. The largest absolute Gasteiger partial charge is 0.416 e. The fourth-order valence-corrected chi connectivity index (χ4v) is 1.94. The van der Waals surface area contributed by atoms with Crippen LogP contribution in [0.3, 0.4) is 0 Å². The van der Waals surface area contributed by atoms with E-state index in [0.717, 1.165) is 12.1 Å². The van der Waals surface area contributed by atoms with Crippen molar-refractivity contribution < 1.29 is 22.7 Å². The number of halogens is 4. The summed E-state index contributed by atoms with van der Waals surface area (Å²) in [6.45, 7) is 1.28. The van der Waals surface area contributed by atoms with E-state index in [-0.39, 0.29) is 18.6 Å². The molecule has 6 heteroatoms. The van der Waals surface area contributed by atoms with E-state index in [1.807, 2.05) is 0 Å². The second kappa shape index (κ2) is 5.67. The molecule has 0 aliphatic heterocycles. The molecule has 0 saturated carbocycles. The van der Waals surface area contributed by atoms with Crippen molar-refractivity contribution in [2.45, 2.75) is 31.5 Å². The predicted molar refractivity (Wildman–Crippen MR) is 59.5 cm³/mol. The standard InChI is InChI=1S/C12H15F4NO/c1-7(17)9(4-5-18)10-3-2-8(13)6-11(10)12(14,15)16/h2-3,6-7,9,18H,4-5,17H2,1H3. The summed E-state index contributed by atoms with van der Waals surface area (Å²) in [6.07, 6.45) is -4.54. The van der Waals surface area contributed by atoms with E-state index in [1.165, 1.54) is 0 Å². The van der Waals surface area contributed by atoms with Gasteiger partial charge in [-0.25, -0.2) is 4.39 Å². The molecule has 1 rings (SSSR count). The molecule has 0 bridgehead atoms. The molecule has 2 nitrogen and oxygen atoms in total. The predicted octanol–water partition coefficient (Wildman–Crippen LogP) is 2.66. The van der Waals surface area contributed by atoms with Crippen LogP contribution in [0.5, 0.6) is 0 Å². The van der Waals surface area contributed by atoms with Crippen LogP contribution in [0.25, 0.3) is 0 Å². The highest BCUT2D eigenvalue weighted by Crippen LogP contribution is 2.37. The molecule has 2 unspecified atom stereocenters. The van der Waals surface area contributed by atoms with Gasteiger partial charge >= 0.3 is 6.18 Å². The Morgan fingerprint density at radius 1 is 1.33 bits per heavy atom. The van der Waals surface area contributed by atoms with Crippen molar-refractivity contribution in [2.75, 3.05) is 6.61 Å². The van der Waals surface area contributed by atoms with E-state index >= 15 is 0 Å². The first-order valence-corrected chi connectivity index (χ1v) is 5.50. The van der Waals surface area contributed by atoms with Crippen LogP contribution >= 0.6 is 0 Å². The number of rotatable bonds is 4. The fourth-order valence-electron chi connectivity index (χ4n) is 1.94. The van der Waals surface area contributed by atoms with E-state index in [0.29, 0.717) is 6.07 Å². The van der Waals surface area contributed by atoms with Gasteiger partial charge in [-0.05, 0) is 31.0 Å². The molecule has 102 valence electrons. The fraction of sp³-hybridized carbons (Fsp3) is 0.500. The normalized spacial score (nSPS) is 15.5. The molecule has 0 aromatic heterocycles. The molecule has 0 saturated heterocycles. The van der Waals surface area contributed by atoms with Crippen molar-refractivity contribution in [1.82, 2.24) is 0 Å². The van der Waals surface area contributed by atoms with Crippen LogP contribution in [0.1, 0.15) is 30.4 Å². The maximum absolute atomic E-state index is 12.9. The van der Waals surface area contributed by atoms with Crippen molar-refractivity contribution in [1.29, 1.82) is 0 Å². The smallest absolute Gasteiger partial charge is 0.396 e. The lowest BCUT2D eigenvalue weighted by molar-refractivity contribution is -0.138. The molecule has 18 heavy (non-hydrogen) atoms. The zero-order valence-corrected chi connectivity index (χ0v) is 9.84. The Bertz CT molecular complexity index is 404. The minimum absolute atomic E-state index is 0.0760. The average molecular weight is 265 g/mol. The zero-order chi connectivity index (χ0) is 13.9. The van der Waals surface area contributed by atoms with Crippen molar-refractivity contribution in [2.24, 2.45) is 5.73 Å². The second-order valence-electron chi connectivity index (χ2n) is 4.21. The third kappa shape index (κ3) is 3.43. The van der Waals surface area contributed by atoms with Crippen molar-refractivity contribution in [3.63, 3.8) is 0 Å². The van der Waals surface area contributed by atoms with Gasteiger partial charge in [-0.1, -0.05) is 6.07 Å². The van der Waals surface area contributed by atoms with Gasteiger partial charge in [0.2, 0.25) is 0 Å². The topological polar surface area (TPSA) is 46.2 Å². The summed E-state index contributed by atoms with van der Waals surface area (Å²) in [5, 5.41) is 8.88. The molecule has 0 fully saturated rings. The van der Waals surface area contributed by atoms with Gasteiger partial charge in [-0.3, -0.25) is 0 Å². The number of hydrogen-bond acceptors (Lipinski definition) is 2. The Hall–Kier alpha value is -1.14. The lowest BCUT2D eigenvalue weighted by atomic mass is 9.86. The summed E-state index contributed by atoms with van der Waals surface area (Å²) < 4.78 is 51.4. The zero-order valence-electron chi connectivity index (χ0n) is 9.84. The van der Waals surface area contributed by atoms with Gasteiger partial charge in [0.15, 0.2) is 0 Å². The lowest BCUT2D eigenvalue weighted by Gasteiger charge is -2.24. The molecule has 1 aromatic rings. The summed E-state index contributed by atoms with van der Waals surface area (Å²) >= 11 is 0. The summed E-state index contributed by atoms with van der Waals surface area (Å²) in [5.74, 6) is -1.61. The molecular formula is C12H15F4NO. The van der Waals surface area contributed by atoms with Gasteiger partial charge in [0.05, 0.1) is 5.56 Å². The maximum atomic E-state index is 12.9. The minimum Gasteiger partial charge on any atom is -0.396 e. The number of aliphatic hydroxyl groups is 1. The van der Waals surface area contributed by atoms with E-state index in [2.05, 4.69) is 0 Å². The van der Waals surface area contributed by atoms with E-state index in [1.54, 1.807) is 6.92 Å². The van der Waals surface area contributed by atoms with Crippen LogP contribution < -0.4 is 5.73 Å². The van der Waals surface area contributed by atoms with Crippen molar-refractivity contribution in [3.05, 3.63) is 35.1 Å². The molecule has 0 heterocycles. The minimum atomic E-state index is -4.64. The Kier molecular flexibility index (Phi) is 4.70. The highest BCUT2D eigenvalue weighted by Gasteiger charge is 2.36.